The fourth-order valence-electron chi connectivity index (χ4n) is 3.51. The average Bonchev–Trinajstić information content (AvgIpc) is 3.04. The number of hydrogen-bond donors (Lipinski definition) is 0. The van der Waals surface area contributed by atoms with Gasteiger partial charge in [0.15, 0.2) is 5.65 Å². The molecule has 0 saturated heterocycles. The molecule has 1 aliphatic carbocycles. The van der Waals surface area contributed by atoms with Crippen LogP contribution in [-0.4, -0.2) is 19.3 Å². The van der Waals surface area contributed by atoms with Crippen LogP contribution in [0.3, 0.4) is 0 Å². The van der Waals surface area contributed by atoms with E-state index in [2.05, 4.69) is 23.5 Å². The van der Waals surface area contributed by atoms with Gasteiger partial charge in [0.1, 0.15) is 11.3 Å². The number of halogens is 1. The normalized spacial score (nSPS) is 24.6. The largest absolute Gasteiger partial charge is 0.309 e. The molecule has 0 bridgehead atoms. The molecule has 3 atom stereocenters. The van der Waals surface area contributed by atoms with Gasteiger partial charge in [-0.25, -0.2) is 4.98 Å². The number of nitrogens with zero attached hydrogens (tertiary/aromatic N) is 4. The van der Waals surface area contributed by atoms with Crippen LogP contribution in [0, 0.1) is 5.92 Å². The Kier molecular flexibility index (Phi) is 3.53. The molecule has 2 heterocycles. The van der Waals surface area contributed by atoms with Gasteiger partial charge in [-0.05, 0) is 38.5 Å². The van der Waals surface area contributed by atoms with Crippen LogP contribution in [0.25, 0.3) is 11.2 Å². The molecule has 1 aliphatic rings. The molecule has 0 aliphatic heterocycles. The Morgan fingerprint density at radius 3 is 2.70 bits per heavy atom. The molecular formula is C15H23ClN4. The standard InChI is InChI=1S/C15H23ClN4/c1-5-12-13-15(19(4)18-12)20(14(17-13)10(3)16)11-7-6-9(2)8-11/h9-11H,5-8H2,1-4H3. The third-order valence-corrected chi connectivity index (χ3v) is 4.68. The van der Waals surface area contributed by atoms with Crippen molar-refractivity contribution in [2.45, 2.75) is 57.9 Å². The van der Waals surface area contributed by atoms with E-state index in [0.717, 1.165) is 35.0 Å². The maximum Gasteiger partial charge on any atom is 0.158 e. The van der Waals surface area contributed by atoms with E-state index in [0.29, 0.717) is 6.04 Å². The number of fused-ring (bicyclic) bond motifs is 1. The SMILES string of the molecule is CCc1nn(C)c2c1nc(C(C)Cl)n2C1CCC(C)C1. The number of aryl methyl sites for hydroxylation is 2. The highest BCUT2D eigenvalue weighted by atomic mass is 35.5. The maximum absolute atomic E-state index is 6.39. The lowest BCUT2D eigenvalue weighted by Gasteiger charge is -2.18. The Morgan fingerprint density at radius 2 is 2.15 bits per heavy atom. The third kappa shape index (κ3) is 2.05. The molecule has 1 saturated carbocycles. The first kappa shape index (κ1) is 13.9. The van der Waals surface area contributed by atoms with Crippen molar-refractivity contribution in [3.63, 3.8) is 0 Å². The zero-order valence-corrected chi connectivity index (χ0v) is 13.5. The average molecular weight is 295 g/mol. The Hall–Kier alpha value is -1.03. The van der Waals surface area contributed by atoms with Gasteiger partial charge >= 0.3 is 0 Å². The van der Waals surface area contributed by atoms with E-state index in [1.165, 1.54) is 19.3 Å². The molecule has 0 radical (unpaired) electrons. The molecule has 110 valence electrons. The van der Waals surface area contributed by atoms with Crippen LogP contribution in [0.2, 0.25) is 0 Å². The number of imidazole rings is 1. The molecule has 0 amide bonds. The van der Waals surface area contributed by atoms with Crippen LogP contribution in [0.15, 0.2) is 0 Å². The van der Waals surface area contributed by atoms with Gasteiger partial charge in [0.25, 0.3) is 0 Å². The second-order valence-electron chi connectivity index (χ2n) is 6.12. The van der Waals surface area contributed by atoms with Gasteiger partial charge in [-0.15, -0.1) is 11.6 Å². The first-order valence-corrected chi connectivity index (χ1v) is 8.04. The van der Waals surface area contributed by atoms with Crippen molar-refractivity contribution in [2.75, 3.05) is 0 Å². The highest BCUT2D eigenvalue weighted by molar-refractivity contribution is 6.20. The van der Waals surface area contributed by atoms with Crippen molar-refractivity contribution < 1.29 is 0 Å². The first-order valence-electron chi connectivity index (χ1n) is 7.60. The van der Waals surface area contributed by atoms with Crippen LogP contribution in [0.4, 0.5) is 0 Å². The molecule has 0 spiro atoms. The Labute approximate surface area is 125 Å². The molecule has 3 rings (SSSR count). The summed E-state index contributed by atoms with van der Waals surface area (Å²) in [7, 11) is 2.01. The van der Waals surface area contributed by atoms with E-state index < -0.39 is 0 Å². The lowest BCUT2D eigenvalue weighted by molar-refractivity contribution is 0.479. The summed E-state index contributed by atoms with van der Waals surface area (Å²) in [5.74, 6) is 1.79. The van der Waals surface area contributed by atoms with Crippen LogP contribution in [0.5, 0.6) is 0 Å². The van der Waals surface area contributed by atoms with Crippen LogP contribution in [0.1, 0.15) is 63.0 Å². The Bertz CT molecular complexity index is 625. The molecule has 0 N–H and O–H groups in total. The first-order chi connectivity index (χ1) is 9.52. The van der Waals surface area contributed by atoms with Gasteiger partial charge in [0.05, 0.1) is 11.1 Å². The smallest absolute Gasteiger partial charge is 0.158 e. The van der Waals surface area contributed by atoms with E-state index >= 15 is 0 Å². The minimum absolute atomic E-state index is 0.0667. The summed E-state index contributed by atoms with van der Waals surface area (Å²) in [6.45, 7) is 6.47. The van der Waals surface area contributed by atoms with Gasteiger partial charge in [-0.1, -0.05) is 13.8 Å². The van der Waals surface area contributed by atoms with Gasteiger partial charge in [0.2, 0.25) is 0 Å². The van der Waals surface area contributed by atoms with Crippen molar-refractivity contribution in [1.82, 2.24) is 19.3 Å². The van der Waals surface area contributed by atoms with Crippen molar-refractivity contribution in [1.29, 1.82) is 0 Å². The van der Waals surface area contributed by atoms with Gasteiger partial charge in [-0.2, -0.15) is 5.10 Å². The zero-order valence-electron chi connectivity index (χ0n) is 12.7. The van der Waals surface area contributed by atoms with E-state index in [1.807, 2.05) is 18.7 Å². The van der Waals surface area contributed by atoms with Crippen molar-refractivity contribution >= 4 is 22.8 Å². The van der Waals surface area contributed by atoms with Crippen molar-refractivity contribution in [2.24, 2.45) is 13.0 Å². The molecule has 2 aromatic rings. The second kappa shape index (κ2) is 5.06. The summed E-state index contributed by atoms with van der Waals surface area (Å²) in [4.78, 5) is 4.82. The van der Waals surface area contributed by atoms with Crippen LogP contribution in [-0.2, 0) is 13.5 Å². The minimum atomic E-state index is -0.0667. The van der Waals surface area contributed by atoms with E-state index in [-0.39, 0.29) is 5.38 Å². The molecule has 0 aromatic carbocycles. The summed E-state index contributed by atoms with van der Waals surface area (Å²) >= 11 is 6.39. The van der Waals surface area contributed by atoms with Gasteiger partial charge in [-0.3, -0.25) is 4.68 Å². The van der Waals surface area contributed by atoms with Crippen LogP contribution < -0.4 is 0 Å². The summed E-state index contributed by atoms with van der Waals surface area (Å²) in [5, 5.41) is 4.54. The summed E-state index contributed by atoms with van der Waals surface area (Å²) < 4.78 is 4.34. The third-order valence-electron chi connectivity index (χ3n) is 4.49. The summed E-state index contributed by atoms with van der Waals surface area (Å²) in [5.41, 5.74) is 3.26. The molecule has 1 fully saturated rings. The Balaban J connectivity index is 2.21. The monoisotopic (exact) mass is 294 g/mol. The van der Waals surface area contributed by atoms with E-state index in [4.69, 9.17) is 16.6 Å². The maximum atomic E-state index is 6.39. The number of aromatic nitrogens is 4. The molecule has 3 unspecified atom stereocenters. The lowest BCUT2D eigenvalue weighted by atomic mass is 10.1. The predicted molar refractivity (Wildman–Crippen MR) is 82.2 cm³/mol. The second-order valence-corrected chi connectivity index (χ2v) is 6.78. The van der Waals surface area contributed by atoms with Crippen molar-refractivity contribution in [3.05, 3.63) is 11.5 Å². The fraction of sp³-hybridized carbons (Fsp3) is 0.733. The number of hydrogen-bond acceptors (Lipinski definition) is 2. The fourth-order valence-corrected chi connectivity index (χ4v) is 3.66. The van der Waals surface area contributed by atoms with Gasteiger partial charge in [0, 0.05) is 13.1 Å². The zero-order chi connectivity index (χ0) is 14.4. The highest BCUT2D eigenvalue weighted by Crippen LogP contribution is 2.39. The number of rotatable bonds is 3. The molecule has 20 heavy (non-hydrogen) atoms. The summed E-state index contributed by atoms with van der Waals surface area (Å²) in [6, 6.07) is 0.520. The molecule has 2 aromatic heterocycles. The van der Waals surface area contributed by atoms with Gasteiger partial charge < -0.3 is 4.57 Å². The Morgan fingerprint density at radius 1 is 1.40 bits per heavy atom. The predicted octanol–water partition coefficient (Wildman–Crippen LogP) is 3.99. The minimum Gasteiger partial charge on any atom is -0.309 e. The molecule has 4 nitrogen and oxygen atoms in total. The summed E-state index contributed by atoms with van der Waals surface area (Å²) in [6.07, 6.45) is 4.63. The van der Waals surface area contributed by atoms with E-state index in [9.17, 15) is 0 Å². The molecule has 5 heteroatoms. The highest BCUT2D eigenvalue weighted by Gasteiger charge is 2.30. The quantitative estimate of drug-likeness (QED) is 0.802. The lowest BCUT2D eigenvalue weighted by Crippen LogP contribution is -2.13. The van der Waals surface area contributed by atoms with Crippen LogP contribution >= 0.6 is 11.6 Å². The topological polar surface area (TPSA) is 35.6 Å². The number of alkyl halides is 1. The van der Waals surface area contributed by atoms with Crippen molar-refractivity contribution in [3.8, 4) is 0 Å². The van der Waals surface area contributed by atoms with E-state index in [1.54, 1.807) is 0 Å². The molecular weight excluding hydrogens is 272 g/mol.